The number of benzene rings is 2. The molecule has 1 fully saturated rings. The topological polar surface area (TPSA) is 61.4 Å². The Morgan fingerprint density at radius 3 is 2.24 bits per heavy atom. The van der Waals surface area contributed by atoms with E-state index in [0.717, 1.165) is 24.3 Å². The van der Waals surface area contributed by atoms with Crippen molar-refractivity contribution >= 4 is 28.9 Å². The van der Waals surface area contributed by atoms with Crippen molar-refractivity contribution in [3.63, 3.8) is 0 Å². The Morgan fingerprint density at radius 2 is 1.56 bits per heavy atom. The van der Waals surface area contributed by atoms with Gasteiger partial charge in [-0.05, 0) is 55.7 Å². The number of amides is 2. The molecule has 3 rings (SSSR count). The minimum atomic E-state index is -0.319. The summed E-state index contributed by atoms with van der Waals surface area (Å²) in [5, 5.41) is 5.54. The highest BCUT2D eigenvalue weighted by Crippen LogP contribution is 2.22. The molecule has 2 amide bonds. The summed E-state index contributed by atoms with van der Waals surface area (Å²) in [5.41, 5.74) is 3.58. The third-order valence-electron chi connectivity index (χ3n) is 4.36. The van der Waals surface area contributed by atoms with E-state index >= 15 is 0 Å². The van der Waals surface area contributed by atoms with Crippen molar-refractivity contribution in [1.29, 1.82) is 0 Å². The number of para-hydroxylation sites is 1. The lowest BCUT2D eigenvalue weighted by atomic mass is 10.2. The summed E-state index contributed by atoms with van der Waals surface area (Å²) < 4.78 is 0. The van der Waals surface area contributed by atoms with E-state index in [9.17, 15) is 9.59 Å². The van der Waals surface area contributed by atoms with Crippen molar-refractivity contribution in [3.8, 4) is 0 Å². The first-order chi connectivity index (χ1) is 12.1. The highest BCUT2D eigenvalue weighted by molar-refractivity contribution is 6.08. The fourth-order valence-electron chi connectivity index (χ4n) is 2.99. The number of hydrogen-bond acceptors (Lipinski definition) is 3. The van der Waals surface area contributed by atoms with Gasteiger partial charge in [0.05, 0.1) is 0 Å². The summed E-state index contributed by atoms with van der Waals surface area (Å²) in [7, 11) is 0. The summed E-state index contributed by atoms with van der Waals surface area (Å²) in [6, 6.07) is 15.3. The molecule has 1 saturated heterocycles. The zero-order chi connectivity index (χ0) is 17.6. The van der Waals surface area contributed by atoms with Crippen molar-refractivity contribution in [2.45, 2.75) is 26.2 Å². The zero-order valence-corrected chi connectivity index (χ0v) is 14.4. The fourth-order valence-corrected chi connectivity index (χ4v) is 2.99. The van der Waals surface area contributed by atoms with Gasteiger partial charge >= 0.3 is 0 Å². The third kappa shape index (κ3) is 4.59. The molecule has 0 aromatic heterocycles. The van der Waals surface area contributed by atoms with Gasteiger partial charge in [-0.3, -0.25) is 9.59 Å². The van der Waals surface area contributed by atoms with Crippen molar-refractivity contribution in [3.05, 3.63) is 54.1 Å². The van der Waals surface area contributed by atoms with Gasteiger partial charge in [-0.15, -0.1) is 0 Å². The van der Waals surface area contributed by atoms with Gasteiger partial charge in [-0.2, -0.15) is 0 Å². The van der Waals surface area contributed by atoms with E-state index in [4.69, 9.17) is 0 Å². The zero-order valence-electron chi connectivity index (χ0n) is 14.4. The standard InChI is InChI=1S/C20H23N3O2/c1-15-6-2-3-7-18(15)22-20(25)14-19(24)21-16-8-10-17(11-9-16)23-12-4-5-13-23/h2-3,6-11H,4-5,12-14H2,1H3,(H,21,24)(H,22,25). The quantitative estimate of drug-likeness (QED) is 0.820. The maximum Gasteiger partial charge on any atom is 0.233 e. The summed E-state index contributed by atoms with van der Waals surface area (Å²) in [4.78, 5) is 26.4. The summed E-state index contributed by atoms with van der Waals surface area (Å²) in [5.74, 6) is -0.638. The van der Waals surface area contributed by atoms with Crippen LogP contribution in [0.5, 0.6) is 0 Å². The first-order valence-corrected chi connectivity index (χ1v) is 8.62. The molecule has 0 atom stereocenters. The predicted molar refractivity (Wildman–Crippen MR) is 101 cm³/mol. The summed E-state index contributed by atoms with van der Waals surface area (Å²) in [6.07, 6.45) is 2.26. The third-order valence-corrected chi connectivity index (χ3v) is 4.36. The van der Waals surface area contributed by atoms with Crippen LogP contribution in [0.25, 0.3) is 0 Å². The van der Waals surface area contributed by atoms with Gasteiger partial charge in [-0.1, -0.05) is 18.2 Å². The van der Waals surface area contributed by atoms with E-state index in [-0.39, 0.29) is 18.2 Å². The molecule has 1 heterocycles. The van der Waals surface area contributed by atoms with Crippen molar-refractivity contribution in [1.82, 2.24) is 0 Å². The molecular weight excluding hydrogens is 314 g/mol. The van der Waals surface area contributed by atoms with Crippen LogP contribution in [0.3, 0.4) is 0 Å². The van der Waals surface area contributed by atoms with E-state index in [1.54, 1.807) is 0 Å². The van der Waals surface area contributed by atoms with E-state index in [1.165, 1.54) is 18.5 Å². The van der Waals surface area contributed by atoms with Crippen LogP contribution < -0.4 is 15.5 Å². The lowest BCUT2D eigenvalue weighted by molar-refractivity contribution is -0.123. The molecule has 0 aliphatic carbocycles. The Balaban J connectivity index is 1.51. The lowest BCUT2D eigenvalue weighted by Crippen LogP contribution is -2.22. The number of rotatable bonds is 5. The van der Waals surface area contributed by atoms with E-state index in [2.05, 4.69) is 15.5 Å². The molecule has 0 spiro atoms. The van der Waals surface area contributed by atoms with E-state index in [1.807, 2.05) is 55.5 Å². The Labute approximate surface area is 148 Å². The highest BCUT2D eigenvalue weighted by Gasteiger charge is 2.13. The second-order valence-electron chi connectivity index (χ2n) is 6.33. The number of carbonyl (C=O) groups is 2. The molecule has 2 N–H and O–H groups in total. The number of aryl methyl sites for hydroxylation is 1. The first kappa shape index (κ1) is 17.0. The Hall–Kier alpha value is -2.82. The Morgan fingerprint density at radius 1 is 0.920 bits per heavy atom. The van der Waals surface area contributed by atoms with Gasteiger partial charge in [0.2, 0.25) is 11.8 Å². The maximum absolute atomic E-state index is 12.1. The molecule has 130 valence electrons. The van der Waals surface area contributed by atoms with Crippen LogP contribution in [0.2, 0.25) is 0 Å². The molecule has 1 aliphatic heterocycles. The van der Waals surface area contributed by atoms with Gasteiger partial charge < -0.3 is 15.5 Å². The monoisotopic (exact) mass is 337 g/mol. The van der Waals surface area contributed by atoms with Crippen molar-refractivity contribution < 1.29 is 9.59 Å². The molecule has 2 aromatic rings. The fraction of sp³-hybridized carbons (Fsp3) is 0.300. The van der Waals surface area contributed by atoms with Crippen LogP contribution >= 0.6 is 0 Å². The molecular formula is C20H23N3O2. The van der Waals surface area contributed by atoms with E-state index in [0.29, 0.717) is 5.69 Å². The number of carbonyl (C=O) groups excluding carboxylic acids is 2. The average molecular weight is 337 g/mol. The van der Waals surface area contributed by atoms with Gasteiger partial charge in [0.25, 0.3) is 0 Å². The first-order valence-electron chi connectivity index (χ1n) is 8.62. The molecule has 0 saturated carbocycles. The normalized spacial score (nSPS) is 13.6. The molecule has 1 aliphatic rings. The maximum atomic E-state index is 12.1. The van der Waals surface area contributed by atoms with Gasteiger partial charge in [0.1, 0.15) is 6.42 Å². The van der Waals surface area contributed by atoms with Crippen LogP contribution in [0.15, 0.2) is 48.5 Å². The minimum absolute atomic E-state index is 0.206. The molecule has 2 aromatic carbocycles. The second kappa shape index (κ2) is 7.83. The molecule has 0 unspecified atom stereocenters. The van der Waals surface area contributed by atoms with Crippen LogP contribution in [-0.2, 0) is 9.59 Å². The average Bonchev–Trinajstić information content (AvgIpc) is 3.12. The summed E-state index contributed by atoms with van der Waals surface area (Å²) >= 11 is 0. The minimum Gasteiger partial charge on any atom is -0.372 e. The van der Waals surface area contributed by atoms with Crippen molar-refractivity contribution in [2.75, 3.05) is 28.6 Å². The SMILES string of the molecule is Cc1ccccc1NC(=O)CC(=O)Nc1ccc(N2CCCC2)cc1. The van der Waals surface area contributed by atoms with Crippen LogP contribution in [0, 0.1) is 6.92 Å². The van der Waals surface area contributed by atoms with Crippen LogP contribution in [0.4, 0.5) is 17.1 Å². The molecule has 5 nitrogen and oxygen atoms in total. The lowest BCUT2D eigenvalue weighted by Gasteiger charge is -2.17. The molecule has 0 radical (unpaired) electrons. The van der Waals surface area contributed by atoms with E-state index < -0.39 is 0 Å². The smallest absolute Gasteiger partial charge is 0.233 e. The predicted octanol–water partition coefficient (Wildman–Crippen LogP) is 3.56. The van der Waals surface area contributed by atoms with Gasteiger partial charge in [-0.25, -0.2) is 0 Å². The van der Waals surface area contributed by atoms with Gasteiger partial charge in [0, 0.05) is 30.2 Å². The number of nitrogens with one attached hydrogen (secondary N) is 2. The van der Waals surface area contributed by atoms with Crippen LogP contribution in [0.1, 0.15) is 24.8 Å². The number of anilines is 3. The van der Waals surface area contributed by atoms with Crippen molar-refractivity contribution in [2.24, 2.45) is 0 Å². The number of nitrogens with zero attached hydrogens (tertiary/aromatic N) is 1. The largest absolute Gasteiger partial charge is 0.372 e. The highest BCUT2D eigenvalue weighted by atomic mass is 16.2. The Kier molecular flexibility index (Phi) is 5.33. The number of hydrogen-bond donors (Lipinski definition) is 2. The van der Waals surface area contributed by atoms with Gasteiger partial charge in [0.15, 0.2) is 0 Å². The summed E-state index contributed by atoms with van der Waals surface area (Å²) in [6.45, 7) is 4.09. The molecule has 0 bridgehead atoms. The molecule has 25 heavy (non-hydrogen) atoms. The Bertz CT molecular complexity index is 750. The second-order valence-corrected chi connectivity index (χ2v) is 6.33. The molecule has 5 heteroatoms. The van der Waals surface area contributed by atoms with Crippen LogP contribution in [-0.4, -0.2) is 24.9 Å².